The van der Waals surface area contributed by atoms with E-state index in [0.29, 0.717) is 0 Å². The molecular weight excluding hydrogens is 380 g/mol. The SMILES string of the molecule is CC(C)C(NC(=O)C(CS)NC(=O)C(N)CCC(=O)O)C(=O)NCC(=O)O. The summed E-state index contributed by atoms with van der Waals surface area (Å²) in [6.07, 6.45) is -0.403. The molecule has 0 aromatic rings. The van der Waals surface area contributed by atoms with Gasteiger partial charge in [0.25, 0.3) is 0 Å². The van der Waals surface area contributed by atoms with Crippen molar-refractivity contribution in [1.29, 1.82) is 0 Å². The van der Waals surface area contributed by atoms with Crippen molar-refractivity contribution in [2.45, 2.75) is 44.8 Å². The maximum Gasteiger partial charge on any atom is 0.322 e. The molecule has 0 aliphatic heterocycles. The second kappa shape index (κ2) is 12.1. The van der Waals surface area contributed by atoms with E-state index < -0.39 is 54.3 Å². The van der Waals surface area contributed by atoms with Crippen LogP contribution in [0, 0.1) is 5.92 Å². The third-order valence-electron chi connectivity index (χ3n) is 3.48. The first kappa shape index (κ1) is 24.7. The predicted molar refractivity (Wildman–Crippen MR) is 98.0 cm³/mol. The highest BCUT2D eigenvalue weighted by atomic mass is 32.1. The van der Waals surface area contributed by atoms with E-state index in [0.717, 1.165) is 0 Å². The monoisotopic (exact) mass is 406 g/mol. The molecule has 0 fully saturated rings. The van der Waals surface area contributed by atoms with Crippen LogP contribution in [0.4, 0.5) is 0 Å². The maximum atomic E-state index is 12.3. The summed E-state index contributed by atoms with van der Waals surface area (Å²) in [7, 11) is 0. The highest BCUT2D eigenvalue weighted by molar-refractivity contribution is 7.80. The molecule has 0 bridgehead atoms. The van der Waals surface area contributed by atoms with E-state index in [2.05, 4.69) is 28.6 Å². The number of carboxylic acid groups (broad SMARTS) is 2. The second-order valence-electron chi connectivity index (χ2n) is 6.12. The van der Waals surface area contributed by atoms with E-state index in [1.165, 1.54) is 0 Å². The fraction of sp³-hybridized carbons (Fsp3) is 0.667. The lowest BCUT2D eigenvalue weighted by molar-refractivity contribution is -0.139. The van der Waals surface area contributed by atoms with Crippen molar-refractivity contribution in [2.24, 2.45) is 11.7 Å². The summed E-state index contributed by atoms with van der Waals surface area (Å²) < 4.78 is 0. The topological polar surface area (TPSA) is 188 Å². The Kier molecular flexibility index (Phi) is 11.1. The zero-order valence-electron chi connectivity index (χ0n) is 15.1. The van der Waals surface area contributed by atoms with Gasteiger partial charge in [0.15, 0.2) is 0 Å². The van der Waals surface area contributed by atoms with Gasteiger partial charge in [0.2, 0.25) is 17.7 Å². The Labute approximate surface area is 161 Å². The molecule has 0 aliphatic rings. The van der Waals surface area contributed by atoms with Gasteiger partial charge in [0.1, 0.15) is 18.6 Å². The lowest BCUT2D eigenvalue weighted by Crippen LogP contribution is -2.57. The van der Waals surface area contributed by atoms with Crippen LogP contribution >= 0.6 is 12.6 Å². The number of amides is 3. The number of hydrogen-bond acceptors (Lipinski definition) is 7. The van der Waals surface area contributed by atoms with Crippen LogP contribution < -0.4 is 21.7 Å². The molecule has 0 aromatic heterocycles. The number of rotatable bonds is 12. The largest absolute Gasteiger partial charge is 0.481 e. The van der Waals surface area contributed by atoms with Crippen molar-refractivity contribution in [1.82, 2.24) is 16.0 Å². The van der Waals surface area contributed by atoms with Crippen LogP contribution in [0.2, 0.25) is 0 Å². The maximum absolute atomic E-state index is 12.3. The van der Waals surface area contributed by atoms with E-state index in [1.54, 1.807) is 13.8 Å². The normalized spacial score (nSPS) is 14.0. The Morgan fingerprint density at radius 2 is 1.56 bits per heavy atom. The first-order valence-electron chi connectivity index (χ1n) is 8.18. The third-order valence-corrected chi connectivity index (χ3v) is 3.85. The molecule has 0 radical (unpaired) electrons. The molecule has 0 aromatic carbocycles. The molecule has 154 valence electrons. The quantitative estimate of drug-likeness (QED) is 0.180. The molecule has 0 spiro atoms. The van der Waals surface area contributed by atoms with Crippen molar-refractivity contribution in [2.75, 3.05) is 12.3 Å². The van der Waals surface area contributed by atoms with Crippen molar-refractivity contribution >= 4 is 42.3 Å². The average Bonchev–Trinajstić information content (AvgIpc) is 2.58. The minimum Gasteiger partial charge on any atom is -0.481 e. The molecule has 12 heteroatoms. The molecule has 0 saturated heterocycles. The molecule has 3 atom stereocenters. The summed E-state index contributed by atoms with van der Waals surface area (Å²) in [5.41, 5.74) is 5.58. The van der Waals surface area contributed by atoms with Gasteiger partial charge in [-0.05, 0) is 12.3 Å². The standard InChI is InChI=1S/C15H26N4O7S/c1-7(2)12(15(26)17-5-11(22)23)19-14(25)9(6-27)18-13(24)8(16)3-4-10(20)21/h7-9,12,27H,3-6,16H2,1-2H3,(H,17,26)(H,18,24)(H,19,25)(H,20,21)(H,22,23). The smallest absolute Gasteiger partial charge is 0.322 e. The summed E-state index contributed by atoms with van der Waals surface area (Å²) in [5.74, 6) is -4.87. The number of nitrogens with two attached hydrogens (primary N) is 1. The predicted octanol–water partition coefficient (Wildman–Crippen LogP) is -2.07. The number of aliphatic carboxylic acids is 2. The molecule has 27 heavy (non-hydrogen) atoms. The van der Waals surface area contributed by atoms with Gasteiger partial charge in [-0.25, -0.2) is 0 Å². The Balaban J connectivity index is 4.87. The van der Waals surface area contributed by atoms with Gasteiger partial charge >= 0.3 is 11.9 Å². The van der Waals surface area contributed by atoms with E-state index >= 15 is 0 Å². The Hall–Kier alpha value is -2.34. The zero-order chi connectivity index (χ0) is 21.1. The number of thiol groups is 1. The fourth-order valence-electron chi connectivity index (χ4n) is 1.94. The number of carboxylic acids is 2. The van der Waals surface area contributed by atoms with Crippen LogP contribution in [0.3, 0.4) is 0 Å². The highest BCUT2D eigenvalue weighted by Crippen LogP contribution is 2.04. The highest BCUT2D eigenvalue weighted by Gasteiger charge is 2.29. The second-order valence-corrected chi connectivity index (χ2v) is 6.49. The van der Waals surface area contributed by atoms with Crippen molar-refractivity contribution in [3.05, 3.63) is 0 Å². The van der Waals surface area contributed by atoms with Gasteiger partial charge in [0, 0.05) is 12.2 Å². The summed E-state index contributed by atoms with van der Waals surface area (Å²) in [6.45, 7) is 2.71. The van der Waals surface area contributed by atoms with Gasteiger partial charge in [-0.3, -0.25) is 24.0 Å². The minimum absolute atomic E-state index is 0.0925. The van der Waals surface area contributed by atoms with Gasteiger partial charge in [-0.1, -0.05) is 13.8 Å². The van der Waals surface area contributed by atoms with E-state index in [-0.39, 0.29) is 24.5 Å². The van der Waals surface area contributed by atoms with Crippen LogP contribution in [0.15, 0.2) is 0 Å². The molecule has 7 N–H and O–H groups in total. The summed E-state index contributed by atoms with van der Waals surface area (Å²) in [5, 5.41) is 24.2. The average molecular weight is 406 g/mol. The van der Waals surface area contributed by atoms with Gasteiger partial charge in [-0.15, -0.1) is 0 Å². The van der Waals surface area contributed by atoms with Crippen molar-refractivity contribution < 1.29 is 34.2 Å². The molecule has 0 saturated carbocycles. The van der Waals surface area contributed by atoms with E-state index in [9.17, 15) is 24.0 Å². The van der Waals surface area contributed by atoms with Crippen LogP contribution in [-0.4, -0.2) is 70.3 Å². The Morgan fingerprint density at radius 1 is 0.963 bits per heavy atom. The van der Waals surface area contributed by atoms with E-state index in [1.807, 2.05) is 0 Å². The molecular formula is C15H26N4O7S. The third kappa shape index (κ3) is 9.80. The molecule has 3 amide bonds. The Morgan fingerprint density at radius 3 is 2.00 bits per heavy atom. The summed E-state index contributed by atoms with van der Waals surface area (Å²) in [4.78, 5) is 57.4. The molecule has 0 aliphatic carbocycles. The summed E-state index contributed by atoms with van der Waals surface area (Å²) >= 11 is 3.99. The van der Waals surface area contributed by atoms with Crippen molar-refractivity contribution in [3.8, 4) is 0 Å². The first-order valence-corrected chi connectivity index (χ1v) is 8.81. The van der Waals surface area contributed by atoms with Crippen LogP contribution in [-0.2, 0) is 24.0 Å². The first-order chi connectivity index (χ1) is 12.5. The number of hydrogen-bond donors (Lipinski definition) is 7. The fourth-order valence-corrected chi connectivity index (χ4v) is 2.20. The molecule has 3 unspecified atom stereocenters. The lowest BCUT2D eigenvalue weighted by atomic mass is 10.0. The Bertz CT molecular complexity index is 570. The number of nitrogens with one attached hydrogen (secondary N) is 3. The number of carbonyl (C=O) groups is 5. The molecule has 0 heterocycles. The molecule has 0 rings (SSSR count). The zero-order valence-corrected chi connectivity index (χ0v) is 16.0. The number of carbonyl (C=O) groups excluding carboxylic acids is 3. The van der Waals surface area contributed by atoms with Crippen LogP contribution in [0.25, 0.3) is 0 Å². The van der Waals surface area contributed by atoms with Gasteiger partial charge < -0.3 is 31.9 Å². The summed E-state index contributed by atoms with van der Waals surface area (Å²) in [6, 6.07) is -3.24. The van der Waals surface area contributed by atoms with Crippen molar-refractivity contribution in [3.63, 3.8) is 0 Å². The van der Waals surface area contributed by atoms with Gasteiger partial charge in [-0.2, -0.15) is 12.6 Å². The van der Waals surface area contributed by atoms with Crippen LogP contribution in [0.1, 0.15) is 26.7 Å². The van der Waals surface area contributed by atoms with Gasteiger partial charge in [0.05, 0.1) is 6.04 Å². The lowest BCUT2D eigenvalue weighted by Gasteiger charge is -2.25. The minimum atomic E-state index is -1.23. The van der Waals surface area contributed by atoms with E-state index in [4.69, 9.17) is 15.9 Å². The van der Waals surface area contributed by atoms with Crippen LogP contribution in [0.5, 0.6) is 0 Å². The molecule has 11 nitrogen and oxygen atoms in total.